The number of halogens is 1. The highest BCUT2D eigenvalue weighted by Gasteiger charge is 2.25. The summed E-state index contributed by atoms with van der Waals surface area (Å²) in [6.07, 6.45) is 2.14. The van der Waals surface area contributed by atoms with Gasteiger partial charge in [-0.15, -0.1) is 11.6 Å². The van der Waals surface area contributed by atoms with Crippen molar-refractivity contribution >= 4 is 17.5 Å². The van der Waals surface area contributed by atoms with Crippen molar-refractivity contribution in [2.24, 2.45) is 0 Å². The van der Waals surface area contributed by atoms with Crippen LogP contribution < -0.4 is 5.43 Å². The smallest absolute Gasteiger partial charge is 0.265 e. The van der Waals surface area contributed by atoms with E-state index in [0.717, 1.165) is 19.4 Å². The number of carbonyl (C=O) groups excluding carboxylic acids is 1. The van der Waals surface area contributed by atoms with Gasteiger partial charge >= 0.3 is 0 Å². The van der Waals surface area contributed by atoms with Crippen LogP contribution in [-0.2, 0) is 0 Å². The number of hydrogen-bond acceptors (Lipinski definition) is 2. The van der Waals surface area contributed by atoms with Gasteiger partial charge in [-0.05, 0) is 25.0 Å². The minimum atomic E-state index is -0.0578. The molecule has 3 nitrogen and oxygen atoms in total. The largest absolute Gasteiger partial charge is 0.284 e. The fourth-order valence-electron chi connectivity index (χ4n) is 1.93. The summed E-state index contributed by atoms with van der Waals surface area (Å²) >= 11 is 5.84. The molecule has 0 spiro atoms. The summed E-state index contributed by atoms with van der Waals surface area (Å²) < 4.78 is 0. The van der Waals surface area contributed by atoms with Crippen molar-refractivity contribution in [1.82, 2.24) is 10.4 Å². The first kappa shape index (κ1) is 11.4. The number of nitrogens with zero attached hydrogens (tertiary/aromatic N) is 1. The van der Waals surface area contributed by atoms with Crippen LogP contribution in [0.1, 0.15) is 23.2 Å². The van der Waals surface area contributed by atoms with Gasteiger partial charge in [-0.2, -0.15) is 0 Å². The Balaban J connectivity index is 1.97. The summed E-state index contributed by atoms with van der Waals surface area (Å²) in [6, 6.07) is 9.50. The van der Waals surface area contributed by atoms with Crippen LogP contribution in [0.5, 0.6) is 0 Å². The Kier molecular flexibility index (Phi) is 3.80. The highest BCUT2D eigenvalue weighted by atomic mass is 35.5. The van der Waals surface area contributed by atoms with Crippen LogP contribution in [0.2, 0.25) is 0 Å². The van der Waals surface area contributed by atoms with Crippen molar-refractivity contribution in [1.29, 1.82) is 0 Å². The van der Waals surface area contributed by atoms with Crippen molar-refractivity contribution < 1.29 is 4.79 Å². The summed E-state index contributed by atoms with van der Waals surface area (Å²) in [4.78, 5) is 11.9. The average Bonchev–Trinajstić information content (AvgIpc) is 2.77. The molecule has 4 heteroatoms. The second-order valence-electron chi connectivity index (χ2n) is 3.95. The van der Waals surface area contributed by atoms with E-state index in [2.05, 4.69) is 5.43 Å². The molecule has 86 valence electrons. The number of nitrogens with one attached hydrogen (secondary N) is 1. The normalized spacial score (nSPS) is 20.9. The SMILES string of the molecule is O=C(NN1CCCC1CCl)c1ccccc1. The van der Waals surface area contributed by atoms with E-state index in [1.807, 2.05) is 23.2 Å². The quantitative estimate of drug-likeness (QED) is 0.818. The summed E-state index contributed by atoms with van der Waals surface area (Å²) in [5, 5.41) is 1.95. The zero-order valence-corrected chi connectivity index (χ0v) is 9.78. The topological polar surface area (TPSA) is 32.3 Å². The van der Waals surface area contributed by atoms with Crippen molar-refractivity contribution in [3.8, 4) is 0 Å². The number of carbonyl (C=O) groups is 1. The Bertz CT molecular complexity index is 355. The van der Waals surface area contributed by atoms with Crippen LogP contribution in [0.25, 0.3) is 0 Å². The standard InChI is InChI=1S/C12H15ClN2O/c13-9-11-7-4-8-15(11)14-12(16)10-5-2-1-3-6-10/h1-3,5-6,11H,4,7-9H2,(H,14,16). The Labute approximate surface area is 100 Å². The zero-order chi connectivity index (χ0) is 11.4. The van der Waals surface area contributed by atoms with Gasteiger partial charge in [-0.1, -0.05) is 18.2 Å². The zero-order valence-electron chi connectivity index (χ0n) is 9.03. The van der Waals surface area contributed by atoms with Gasteiger partial charge in [-0.3, -0.25) is 10.2 Å². The maximum absolute atomic E-state index is 11.9. The van der Waals surface area contributed by atoms with E-state index < -0.39 is 0 Å². The highest BCUT2D eigenvalue weighted by molar-refractivity contribution is 6.18. The first-order chi connectivity index (χ1) is 7.81. The lowest BCUT2D eigenvalue weighted by molar-refractivity contribution is 0.0779. The van der Waals surface area contributed by atoms with Gasteiger partial charge in [0.2, 0.25) is 0 Å². The molecular formula is C12H15ClN2O. The molecule has 1 heterocycles. The van der Waals surface area contributed by atoms with Crippen LogP contribution in [0.4, 0.5) is 0 Å². The second-order valence-corrected chi connectivity index (χ2v) is 4.26. The van der Waals surface area contributed by atoms with Crippen molar-refractivity contribution in [2.75, 3.05) is 12.4 Å². The molecule has 1 aromatic rings. The molecule has 1 N–H and O–H groups in total. The average molecular weight is 239 g/mol. The van der Waals surface area contributed by atoms with Gasteiger partial charge in [-0.25, -0.2) is 5.01 Å². The fourth-order valence-corrected chi connectivity index (χ4v) is 2.25. The maximum atomic E-state index is 11.9. The molecular weight excluding hydrogens is 224 g/mol. The van der Waals surface area contributed by atoms with Gasteiger partial charge < -0.3 is 0 Å². The van der Waals surface area contributed by atoms with E-state index in [4.69, 9.17) is 11.6 Å². The molecule has 0 aromatic heterocycles. The second kappa shape index (κ2) is 5.32. The third kappa shape index (κ3) is 2.54. The monoisotopic (exact) mass is 238 g/mol. The summed E-state index contributed by atoms with van der Waals surface area (Å²) in [7, 11) is 0. The van der Waals surface area contributed by atoms with Crippen molar-refractivity contribution in [3.63, 3.8) is 0 Å². The molecule has 1 atom stereocenters. The van der Waals surface area contributed by atoms with Gasteiger partial charge in [0.05, 0.1) is 0 Å². The molecule has 0 saturated carbocycles. The van der Waals surface area contributed by atoms with E-state index in [9.17, 15) is 4.79 Å². The number of alkyl halides is 1. The van der Waals surface area contributed by atoms with Gasteiger partial charge in [0.15, 0.2) is 0 Å². The first-order valence-corrected chi connectivity index (χ1v) is 6.03. The Morgan fingerprint density at radius 3 is 2.88 bits per heavy atom. The highest BCUT2D eigenvalue weighted by Crippen LogP contribution is 2.16. The minimum absolute atomic E-state index is 0.0578. The number of amides is 1. The van der Waals surface area contributed by atoms with E-state index in [0.29, 0.717) is 11.4 Å². The minimum Gasteiger partial charge on any atom is -0.284 e. The van der Waals surface area contributed by atoms with Crippen LogP contribution in [0.3, 0.4) is 0 Å². The lowest BCUT2D eigenvalue weighted by Gasteiger charge is -2.23. The summed E-state index contributed by atoms with van der Waals surface area (Å²) in [5.74, 6) is 0.507. The lowest BCUT2D eigenvalue weighted by atomic mass is 10.2. The molecule has 1 unspecified atom stereocenters. The predicted molar refractivity (Wildman–Crippen MR) is 64.4 cm³/mol. The molecule has 2 rings (SSSR count). The fraction of sp³-hybridized carbons (Fsp3) is 0.417. The first-order valence-electron chi connectivity index (χ1n) is 5.50. The predicted octanol–water partition coefficient (Wildman–Crippen LogP) is 2.03. The molecule has 1 amide bonds. The molecule has 0 bridgehead atoms. The third-order valence-electron chi connectivity index (χ3n) is 2.84. The maximum Gasteiger partial charge on any atom is 0.265 e. The molecule has 16 heavy (non-hydrogen) atoms. The van der Waals surface area contributed by atoms with E-state index >= 15 is 0 Å². The van der Waals surface area contributed by atoms with E-state index in [1.165, 1.54) is 0 Å². The molecule has 1 fully saturated rings. The Hall–Kier alpha value is -1.06. The van der Waals surface area contributed by atoms with Crippen molar-refractivity contribution in [2.45, 2.75) is 18.9 Å². The van der Waals surface area contributed by atoms with Crippen LogP contribution in [0.15, 0.2) is 30.3 Å². The van der Waals surface area contributed by atoms with E-state index in [1.54, 1.807) is 12.1 Å². The number of benzene rings is 1. The van der Waals surface area contributed by atoms with Crippen LogP contribution >= 0.6 is 11.6 Å². The van der Waals surface area contributed by atoms with Crippen molar-refractivity contribution in [3.05, 3.63) is 35.9 Å². The van der Waals surface area contributed by atoms with Crippen LogP contribution in [-0.4, -0.2) is 29.4 Å². The number of hydrogen-bond donors (Lipinski definition) is 1. The molecule has 1 aliphatic heterocycles. The lowest BCUT2D eigenvalue weighted by Crippen LogP contribution is -2.45. The van der Waals surface area contributed by atoms with Gasteiger partial charge in [0.25, 0.3) is 5.91 Å². The molecule has 1 saturated heterocycles. The van der Waals surface area contributed by atoms with Crippen LogP contribution in [0, 0.1) is 0 Å². The van der Waals surface area contributed by atoms with E-state index in [-0.39, 0.29) is 11.9 Å². The van der Waals surface area contributed by atoms with Gasteiger partial charge in [0.1, 0.15) is 0 Å². The molecule has 1 aromatic carbocycles. The van der Waals surface area contributed by atoms with Gasteiger partial charge in [0, 0.05) is 24.0 Å². The number of hydrazine groups is 1. The third-order valence-corrected chi connectivity index (χ3v) is 3.19. The molecule has 0 radical (unpaired) electrons. The molecule has 1 aliphatic rings. The number of rotatable bonds is 3. The Morgan fingerprint density at radius 2 is 2.19 bits per heavy atom. The summed E-state index contributed by atoms with van der Waals surface area (Å²) in [5.41, 5.74) is 3.59. The molecule has 0 aliphatic carbocycles. The Morgan fingerprint density at radius 1 is 1.44 bits per heavy atom. The summed E-state index contributed by atoms with van der Waals surface area (Å²) in [6.45, 7) is 0.885.